The number of nitrogens with zero attached hydrogens (tertiary/aromatic N) is 3. The van der Waals surface area contributed by atoms with Crippen molar-refractivity contribution >= 4 is 11.4 Å². The van der Waals surface area contributed by atoms with Gasteiger partial charge in [-0.3, -0.25) is 0 Å². The van der Waals surface area contributed by atoms with Gasteiger partial charge in [-0.05, 0) is 46.2 Å². The highest BCUT2D eigenvalue weighted by Gasteiger charge is 2.06. The minimum Gasteiger partial charge on any atom is -0.495 e. The monoisotopic (exact) mass is 294 g/mol. The van der Waals surface area contributed by atoms with Crippen molar-refractivity contribution in [3.05, 3.63) is 18.2 Å². The maximum absolute atomic E-state index is 5.84. The number of likely N-dealkylation sites (N-methyl/N-ethyl adjacent to an activating group) is 2. The van der Waals surface area contributed by atoms with Gasteiger partial charge in [0.05, 0.1) is 12.8 Å². The summed E-state index contributed by atoms with van der Waals surface area (Å²) < 4.78 is 5.27. The van der Waals surface area contributed by atoms with E-state index < -0.39 is 0 Å². The first-order chi connectivity index (χ1) is 9.93. The molecule has 5 nitrogen and oxygen atoms in total. The van der Waals surface area contributed by atoms with Crippen LogP contribution in [0.3, 0.4) is 0 Å². The molecule has 0 radical (unpaired) electrons. The lowest BCUT2D eigenvalue weighted by Crippen LogP contribution is -2.31. The van der Waals surface area contributed by atoms with Crippen molar-refractivity contribution in [3.63, 3.8) is 0 Å². The smallest absolute Gasteiger partial charge is 0.143 e. The van der Waals surface area contributed by atoms with Crippen LogP contribution in [0.15, 0.2) is 18.2 Å². The Morgan fingerprint density at radius 3 is 2.33 bits per heavy atom. The Bertz CT molecular complexity index is 423. The van der Waals surface area contributed by atoms with Crippen LogP contribution < -0.4 is 15.4 Å². The van der Waals surface area contributed by atoms with Crippen molar-refractivity contribution in [2.45, 2.75) is 6.42 Å². The van der Waals surface area contributed by atoms with Crippen LogP contribution in [0.2, 0.25) is 0 Å². The summed E-state index contributed by atoms with van der Waals surface area (Å²) in [7, 11) is 10.1. The second-order valence-corrected chi connectivity index (χ2v) is 5.81. The zero-order valence-corrected chi connectivity index (χ0v) is 14.1. The van der Waals surface area contributed by atoms with Gasteiger partial charge in [0.2, 0.25) is 0 Å². The van der Waals surface area contributed by atoms with Gasteiger partial charge in [0, 0.05) is 38.4 Å². The standard InChI is InChI=1S/C16H30N4O/c1-18(2)11-12-19(3)9-6-10-20(4)14-7-8-15(17)16(13-14)21-5/h7-8,13H,6,9-12,17H2,1-5H3. The number of methoxy groups -OCH3 is 1. The van der Waals surface area contributed by atoms with E-state index >= 15 is 0 Å². The Balaban J connectivity index is 2.38. The lowest BCUT2D eigenvalue weighted by atomic mass is 10.2. The largest absolute Gasteiger partial charge is 0.495 e. The predicted octanol–water partition coefficient (Wildman–Crippen LogP) is 1.60. The molecule has 0 aliphatic rings. The van der Waals surface area contributed by atoms with E-state index in [0.29, 0.717) is 5.69 Å². The Morgan fingerprint density at radius 1 is 1.00 bits per heavy atom. The maximum Gasteiger partial charge on any atom is 0.143 e. The van der Waals surface area contributed by atoms with E-state index in [1.807, 2.05) is 18.2 Å². The van der Waals surface area contributed by atoms with Gasteiger partial charge < -0.3 is 25.2 Å². The molecule has 0 unspecified atom stereocenters. The molecule has 2 N–H and O–H groups in total. The lowest BCUT2D eigenvalue weighted by Gasteiger charge is -2.23. The zero-order valence-electron chi connectivity index (χ0n) is 14.1. The first-order valence-corrected chi connectivity index (χ1v) is 7.42. The molecule has 120 valence electrons. The predicted molar refractivity (Wildman–Crippen MR) is 91.3 cm³/mol. The van der Waals surface area contributed by atoms with Crippen LogP contribution in [-0.4, -0.2) is 71.3 Å². The van der Waals surface area contributed by atoms with Crippen LogP contribution in [0.4, 0.5) is 11.4 Å². The average Bonchev–Trinajstić information content (AvgIpc) is 2.45. The summed E-state index contributed by atoms with van der Waals surface area (Å²) in [5, 5.41) is 0. The Morgan fingerprint density at radius 2 is 1.71 bits per heavy atom. The molecule has 0 spiro atoms. The summed E-state index contributed by atoms with van der Waals surface area (Å²) in [5.74, 6) is 0.738. The van der Waals surface area contributed by atoms with Crippen molar-refractivity contribution in [2.24, 2.45) is 0 Å². The van der Waals surface area contributed by atoms with Crippen molar-refractivity contribution in [2.75, 3.05) is 72.1 Å². The van der Waals surface area contributed by atoms with E-state index in [9.17, 15) is 0 Å². The number of nitrogens with two attached hydrogens (primary N) is 1. The van der Waals surface area contributed by atoms with E-state index in [1.165, 1.54) is 0 Å². The third-order valence-corrected chi connectivity index (χ3v) is 3.62. The molecule has 0 amide bonds. The van der Waals surface area contributed by atoms with E-state index in [2.05, 4.69) is 42.9 Å². The molecule has 0 bridgehead atoms. The molecule has 0 saturated carbocycles. The molecule has 0 saturated heterocycles. The van der Waals surface area contributed by atoms with Crippen molar-refractivity contribution < 1.29 is 4.74 Å². The van der Waals surface area contributed by atoms with E-state index in [-0.39, 0.29) is 0 Å². The van der Waals surface area contributed by atoms with Crippen LogP contribution in [0, 0.1) is 0 Å². The van der Waals surface area contributed by atoms with Crippen LogP contribution in [-0.2, 0) is 0 Å². The minimum atomic E-state index is 0.679. The minimum absolute atomic E-state index is 0.679. The third kappa shape index (κ3) is 6.23. The zero-order chi connectivity index (χ0) is 15.8. The van der Waals surface area contributed by atoms with Crippen LogP contribution in [0.25, 0.3) is 0 Å². The fourth-order valence-electron chi connectivity index (χ4n) is 2.13. The van der Waals surface area contributed by atoms with Gasteiger partial charge in [-0.2, -0.15) is 0 Å². The van der Waals surface area contributed by atoms with Gasteiger partial charge in [0.15, 0.2) is 0 Å². The topological polar surface area (TPSA) is 45.0 Å². The molecule has 1 aromatic carbocycles. The van der Waals surface area contributed by atoms with Gasteiger partial charge in [-0.1, -0.05) is 0 Å². The fraction of sp³-hybridized carbons (Fsp3) is 0.625. The summed E-state index contributed by atoms with van der Waals surface area (Å²) in [4.78, 5) is 6.82. The lowest BCUT2D eigenvalue weighted by molar-refractivity contribution is 0.280. The number of hydrogen-bond donors (Lipinski definition) is 1. The summed E-state index contributed by atoms with van der Waals surface area (Å²) in [5.41, 5.74) is 7.66. The van der Waals surface area contributed by atoms with E-state index in [0.717, 1.165) is 44.0 Å². The molecule has 0 aliphatic heterocycles. The van der Waals surface area contributed by atoms with Gasteiger partial charge in [-0.25, -0.2) is 0 Å². The SMILES string of the molecule is COc1cc(N(C)CCCN(C)CCN(C)C)ccc1N. The molecule has 0 fully saturated rings. The molecular formula is C16H30N4O. The highest BCUT2D eigenvalue weighted by molar-refractivity contribution is 5.62. The summed E-state index contributed by atoms with van der Waals surface area (Å²) in [6, 6.07) is 5.92. The number of hydrogen-bond acceptors (Lipinski definition) is 5. The van der Waals surface area contributed by atoms with E-state index in [1.54, 1.807) is 7.11 Å². The molecule has 0 heterocycles. The molecule has 0 aliphatic carbocycles. The first kappa shape index (κ1) is 17.6. The maximum atomic E-state index is 5.84. The second-order valence-electron chi connectivity index (χ2n) is 5.81. The number of rotatable bonds is 9. The molecular weight excluding hydrogens is 264 g/mol. The highest BCUT2D eigenvalue weighted by atomic mass is 16.5. The fourth-order valence-corrected chi connectivity index (χ4v) is 2.13. The number of anilines is 2. The van der Waals surface area contributed by atoms with Crippen LogP contribution in [0.1, 0.15) is 6.42 Å². The van der Waals surface area contributed by atoms with Gasteiger partial charge >= 0.3 is 0 Å². The molecule has 5 heteroatoms. The van der Waals surface area contributed by atoms with Crippen molar-refractivity contribution in [3.8, 4) is 5.75 Å². The summed E-state index contributed by atoms with van der Waals surface area (Å²) in [6.45, 7) is 4.32. The summed E-state index contributed by atoms with van der Waals surface area (Å²) >= 11 is 0. The third-order valence-electron chi connectivity index (χ3n) is 3.62. The number of benzene rings is 1. The molecule has 0 atom stereocenters. The first-order valence-electron chi connectivity index (χ1n) is 7.42. The summed E-state index contributed by atoms with van der Waals surface area (Å²) in [6.07, 6.45) is 1.13. The molecule has 1 aromatic rings. The quantitative estimate of drug-likeness (QED) is 0.701. The van der Waals surface area contributed by atoms with Crippen molar-refractivity contribution in [1.29, 1.82) is 0 Å². The second kappa shape index (κ2) is 8.74. The number of nitrogen functional groups attached to an aromatic ring is 1. The van der Waals surface area contributed by atoms with Crippen LogP contribution in [0.5, 0.6) is 5.75 Å². The van der Waals surface area contributed by atoms with Gasteiger partial charge in [0.1, 0.15) is 5.75 Å². The van der Waals surface area contributed by atoms with Crippen molar-refractivity contribution in [1.82, 2.24) is 9.80 Å². The highest BCUT2D eigenvalue weighted by Crippen LogP contribution is 2.26. The molecule has 21 heavy (non-hydrogen) atoms. The Kier molecular flexibility index (Phi) is 7.32. The molecule has 1 rings (SSSR count). The number of ether oxygens (including phenoxy) is 1. The van der Waals surface area contributed by atoms with E-state index in [4.69, 9.17) is 10.5 Å². The average molecular weight is 294 g/mol. The Hall–Kier alpha value is -1.46. The normalized spacial score (nSPS) is 11.2. The molecule has 0 aromatic heterocycles. The Labute approximate surface area is 129 Å². The van der Waals surface area contributed by atoms with Crippen LogP contribution >= 0.6 is 0 Å². The van der Waals surface area contributed by atoms with Gasteiger partial charge in [-0.15, -0.1) is 0 Å². The van der Waals surface area contributed by atoms with Gasteiger partial charge in [0.25, 0.3) is 0 Å².